The highest BCUT2D eigenvalue weighted by Gasteiger charge is 2.38. The molecule has 5 heteroatoms. The van der Waals surface area contributed by atoms with E-state index in [4.69, 9.17) is 9.97 Å². The number of anilines is 3. The van der Waals surface area contributed by atoms with Crippen LogP contribution in [0.1, 0.15) is 49.9 Å². The Balaban J connectivity index is 1.15. The lowest BCUT2D eigenvalue weighted by molar-refractivity contribution is 0.629. The normalized spacial score (nSPS) is 15.0. The van der Waals surface area contributed by atoms with E-state index in [1.165, 1.54) is 66.2 Å². The van der Waals surface area contributed by atoms with E-state index in [1.54, 1.807) is 0 Å². The first-order valence-corrected chi connectivity index (χ1v) is 17.8. The highest BCUT2D eigenvalue weighted by Crippen LogP contribution is 2.51. The van der Waals surface area contributed by atoms with Crippen molar-refractivity contribution < 1.29 is 0 Å². The van der Waals surface area contributed by atoms with Gasteiger partial charge in [0.2, 0.25) is 0 Å². The van der Waals surface area contributed by atoms with Crippen molar-refractivity contribution in [1.82, 2.24) is 19.1 Å². The molecule has 0 aliphatic carbocycles. The van der Waals surface area contributed by atoms with Crippen LogP contribution in [0.4, 0.5) is 17.1 Å². The Morgan fingerprint density at radius 2 is 0.902 bits per heavy atom. The minimum atomic E-state index is -0.229. The number of hydrogen-bond donors (Lipinski definition) is 0. The Morgan fingerprint density at radius 1 is 0.431 bits per heavy atom. The first-order valence-electron chi connectivity index (χ1n) is 17.8. The molecule has 11 rings (SSSR count). The van der Waals surface area contributed by atoms with Gasteiger partial charge in [-0.3, -0.25) is 9.13 Å². The van der Waals surface area contributed by atoms with Crippen molar-refractivity contribution in [3.63, 3.8) is 0 Å². The highest BCUT2D eigenvalue weighted by molar-refractivity contribution is 6.11. The van der Waals surface area contributed by atoms with Gasteiger partial charge in [0.15, 0.2) is 0 Å². The van der Waals surface area contributed by atoms with Gasteiger partial charge >= 0.3 is 0 Å². The van der Waals surface area contributed by atoms with Crippen LogP contribution >= 0.6 is 0 Å². The molecule has 0 fully saturated rings. The summed E-state index contributed by atoms with van der Waals surface area (Å²) in [5, 5.41) is 4.89. The van der Waals surface area contributed by atoms with Gasteiger partial charge < -0.3 is 4.90 Å². The molecule has 244 valence electrons. The summed E-state index contributed by atoms with van der Waals surface area (Å²) in [4.78, 5) is 12.2. The molecule has 2 aliphatic rings. The van der Waals surface area contributed by atoms with E-state index in [-0.39, 0.29) is 10.8 Å². The van der Waals surface area contributed by atoms with Crippen LogP contribution in [0, 0.1) is 0 Å². The SMILES string of the molecule is CC1(C)c2cc(N(c3ccccc3)c3ccc4c(c3)C(C)(C)c3cccc5c6cccnc6n-4c35)ccc2-n2c3ncccc3c3cccc1c32. The zero-order valence-electron chi connectivity index (χ0n) is 29.0. The average Bonchev–Trinajstić information content (AvgIpc) is 3.68. The van der Waals surface area contributed by atoms with E-state index in [0.29, 0.717) is 0 Å². The van der Waals surface area contributed by atoms with Gasteiger partial charge in [-0.25, -0.2) is 9.97 Å². The third kappa shape index (κ3) is 3.60. The molecule has 5 aromatic carbocycles. The number of aromatic nitrogens is 4. The number of benzene rings is 5. The minimum absolute atomic E-state index is 0.229. The lowest BCUT2D eigenvalue weighted by atomic mass is 9.74. The summed E-state index contributed by atoms with van der Waals surface area (Å²) in [6, 6.07) is 46.7. The molecule has 0 bridgehead atoms. The monoisotopic (exact) mass is 657 g/mol. The zero-order valence-corrected chi connectivity index (χ0v) is 29.0. The Hall–Kier alpha value is -6.20. The standard InChI is InChI=1S/C46H35N5/c1-45(2)35-18-8-14-31-33-16-10-24-47-43(33)50(41(31)35)39-22-20-29(26-37(39)45)49(28-12-6-5-7-13-28)30-21-23-40-38(27-30)46(3,4)36-19-9-15-32-34-17-11-25-48-44(34)51(40)42(32)36/h5-27H,1-4H3. The Bertz CT molecular complexity index is 2740. The van der Waals surface area contributed by atoms with Crippen LogP contribution in [-0.2, 0) is 10.8 Å². The molecule has 9 aromatic rings. The number of hydrogen-bond acceptors (Lipinski definition) is 3. The van der Waals surface area contributed by atoms with E-state index in [1.807, 2.05) is 24.5 Å². The van der Waals surface area contributed by atoms with Crippen LogP contribution in [-0.4, -0.2) is 19.1 Å². The molecule has 0 atom stereocenters. The molecule has 51 heavy (non-hydrogen) atoms. The molecule has 0 saturated heterocycles. The molecule has 0 saturated carbocycles. The number of fused-ring (bicyclic) bond motifs is 10. The van der Waals surface area contributed by atoms with Gasteiger partial charge in [-0.15, -0.1) is 0 Å². The van der Waals surface area contributed by atoms with Crippen LogP contribution in [0.3, 0.4) is 0 Å². The van der Waals surface area contributed by atoms with Crippen LogP contribution in [0.5, 0.6) is 0 Å². The predicted octanol–water partition coefficient (Wildman–Crippen LogP) is 11.4. The maximum atomic E-state index is 4.91. The van der Waals surface area contributed by atoms with E-state index >= 15 is 0 Å². The lowest BCUT2D eigenvalue weighted by Crippen LogP contribution is -2.27. The van der Waals surface area contributed by atoms with Gasteiger partial charge in [-0.05, 0) is 95.1 Å². The second kappa shape index (κ2) is 9.73. The van der Waals surface area contributed by atoms with Gasteiger partial charge in [0, 0.05) is 61.8 Å². The molecule has 6 heterocycles. The van der Waals surface area contributed by atoms with Gasteiger partial charge in [0.1, 0.15) is 11.3 Å². The maximum Gasteiger partial charge on any atom is 0.145 e. The predicted molar refractivity (Wildman–Crippen MR) is 210 cm³/mol. The Morgan fingerprint density at radius 3 is 1.39 bits per heavy atom. The molecule has 0 amide bonds. The molecular formula is C46H35N5. The highest BCUT2D eigenvalue weighted by atomic mass is 15.1. The molecule has 5 nitrogen and oxygen atoms in total. The van der Waals surface area contributed by atoms with Gasteiger partial charge in [0.25, 0.3) is 0 Å². The zero-order chi connectivity index (χ0) is 34.2. The second-order valence-corrected chi connectivity index (χ2v) is 15.1. The molecule has 4 aromatic heterocycles. The summed E-state index contributed by atoms with van der Waals surface area (Å²) < 4.78 is 4.76. The van der Waals surface area contributed by atoms with Crippen molar-refractivity contribution in [3.8, 4) is 11.4 Å². The van der Waals surface area contributed by atoms with Gasteiger partial charge in [0.05, 0.1) is 22.4 Å². The number of nitrogens with zero attached hydrogens (tertiary/aromatic N) is 5. The van der Waals surface area contributed by atoms with Crippen molar-refractivity contribution in [1.29, 1.82) is 0 Å². The largest absolute Gasteiger partial charge is 0.310 e. The molecule has 0 spiro atoms. The van der Waals surface area contributed by atoms with Crippen LogP contribution < -0.4 is 4.90 Å². The number of rotatable bonds is 3. The van der Waals surface area contributed by atoms with Crippen molar-refractivity contribution in [2.45, 2.75) is 38.5 Å². The van der Waals surface area contributed by atoms with Gasteiger partial charge in [-0.2, -0.15) is 0 Å². The van der Waals surface area contributed by atoms with E-state index < -0.39 is 0 Å². The van der Waals surface area contributed by atoms with Gasteiger partial charge in [-0.1, -0.05) is 82.3 Å². The van der Waals surface area contributed by atoms with E-state index in [0.717, 1.165) is 28.4 Å². The second-order valence-electron chi connectivity index (χ2n) is 15.1. The molecule has 0 unspecified atom stereocenters. The van der Waals surface area contributed by atoms with E-state index in [2.05, 4.69) is 157 Å². The fourth-order valence-corrected chi connectivity index (χ4v) is 9.30. The summed E-state index contributed by atoms with van der Waals surface area (Å²) in [5.74, 6) is 0. The van der Waals surface area contributed by atoms with Crippen LogP contribution in [0.2, 0.25) is 0 Å². The summed E-state index contributed by atoms with van der Waals surface area (Å²) >= 11 is 0. The van der Waals surface area contributed by atoms with Crippen LogP contribution in [0.15, 0.2) is 140 Å². The quantitative estimate of drug-likeness (QED) is 0.190. The molecule has 0 N–H and O–H groups in total. The fraction of sp³-hybridized carbons (Fsp3) is 0.130. The number of pyridine rings is 2. The first-order chi connectivity index (χ1) is 24.8. The van der Waals surface area contributed by atoms with E-state index in [9.17, 15) is 0 Å². The van der Waals surface area contributed by atoms with Crippen molar-refractivity contribution >= 4 is 60.9 Å². The summed E-state index contributed by atoms with van der Waals surface area (Å²) in [5.41, 5.74) is 15.0. The first kappa shape index (κ1) is 28.6. The van der Waals surface area contributed by atoms with Crippen molar-refractivity contribution in [3.05, 3.63) is 162 Å². The van der Waals surface area contributed by atoms with Crippen molar-refractivity contribution in [2.75, 3.05) is 4.90 Å². The fourth-order valence-electron chi connectivity index (χ4n) is 9.30. The third-order valence-corrected chi connectivity index (χ3v) is 11.8. The lowest BCUT2D eigenvalue weighted by Gasteiger charge is -2.37. The summed E-state index contributed by atoms with van der Waals surface area (Å²) in [6.07, 6.45) is 3.81. The average molecular weight is 658 g/mol. The summed E-state index contributed by atoms with van der Waals surface area (Å²) in [6.45, 7) is 9.45. The third-order valence-electron chi connectivity index (χ3n) is 11.8. The van der Waals surface area contributed by atoms with Crippen molar-refractivity contribution in [2.24, 2.45) is 0 Å². The maximum absolute atomic E-state index is 4.91. The molecule has 0 radical (unpaired) electrons. The minimum Gasteiger partial charge on any atom is -0.310 e. The Kier molecular flexibility index (Phi) is 5.46. The molecule has 2 aliphatic heterocycles. The summed E-state index contributed by atoms with van der Waals surface area (Å²) in [7, 11) is 0. The molecular weight excluding hydrogens is 623 g/mol. The van der Waals surface area contributed by atoms with Crippen LogP contribution in [0.25, 0.3) is 55.2 Å². The topological polar surface area (TPSA) is 38.9 Å². The number of para-hydroxylation sites is 3. The Labute approximate surface area is 296 Å². The smallest absolute Gasteiger partial charge is 0.145 e.